The number of ether oxygens (including phenoxy) is 2. The molecule has 0 radical (unpaired) electrons. The van der Waals surface area contributed by atoms with E-state index in [9.17, 15) is 14.2 Å². The number of piperidine rings is 2. The van der Waals surface area contributed by atoms with Gasteiger partial charge in [0, 0.05) is 19.4 Å². The van der Waals surface area contributed by atoms with Crippen molar-refractivity contribution in [3.05, 3.63) is 0 Å². The summed E-state index contributed by atoms with van der Waals surface area (Å²) in [7, 11) is -3.78. The van der Waals surface area contributed by atoms with Crippen LogP contribution < -0.4 is 0 Å². The number of hydrogen-bond donors (Lipinski definition) is 0. The monoisotopic (exact) mass is 1150 g/mol. The molecule has 0 N–H and O–H groups in total. The van der Waals surface area contributed by atoms with Gasteiger partial charge in [0.1, 0.15) is 12.2 Å². The van der Waals surface area contributed by atoms with Crippen LogP contribution in [-0.2, 0) is 37.2 Å². The number of phosphoric acid groups is 1. The maximum atomic E-state index is 14.3. The highest BCUT2D eigenvalue weighted by atomic mass is 31.2. The van der Waals surface area contributed by atoms with Crippen LogP contribution in [0.4, 0.5) is 0 Å². The molecule has 2 rings (SSSR count). The van der Waals surface area contributed by atoms with E-state index in [1.54, 1.807) is 0 Å². The number of unbranched alkanes of at least 4 members (excludes halogenated alkanes) is 28. The van der Waals surface area contributed by atoms with Crippen molar-refractivity contribution in [3.8, 4) is 0 Å². The summed E-state index contributed by atoms with van der Waals surface area (Å²) < 4.78 is 44.9. The van der Waals surface area contributed by atoms with Crippen molar-refractivity contribution in [3.63, 3.8) is 0 Å². The molecule has 0 bridgehead atoms. The Bertz CT molecular complexity index is 1270. The van der Waals surface area contributed by atoms with Crippen LogP contribution in [0.1, 0.15) is 336 Å². The fourth-order valence-electron chi connectivity index (χ4n) is 11.9. The largest absolute Gasteiger partial charge is 0.474 e. The fourth-order valence-corrected chi connectivity index (χ4v) is 13.1. The Labute approximate surface area is 496 Å². The van der Waals surface area contributed by atoms with E-state index in [1.807, 2.05) is 0 Å². The quantitative estimate of drug-likeness (QED) is 0.0330. The molecule has 0 spiro atoms. The lowest BCUT2D eigenvalue weighted by atomic mass is 10.0. The van der Waals surface area contributed by atoms with E-state index in [2.05, 4.69) is 42.4 Å². The van der Waals surface area contributed by atoms with Crippen LogP contribution in [-0.4, -0.2) is 118 Å². The third-order valence-corrected chi connectivity index (χ3v) is 18.6. The number of hydrogen-bond acceptors (Lipinski definition) is 11. The predicted molar refractivity (Wildman–Crippen MR) is 339 cm³/mol. The van der Waals surface area contributed by atoms with Crippen molar-refractivity contribution >= 4 is 19.8 Å². The molecule has 2 heterocycles. The highest BCUT2D eigenvalue weighted by molar-refractivity contribution is 7.48. The SMILES string of the molecule is CCCCCCCCC(CCCCCCCC)OC(=O)CCCCCCCOP(=O)(OCCCCCCCC(=O)OC(CCCCCCCC)CCCCCCCC)OCCN(CCCN1CCCCC1)CCCN1CCCCC1. The number of esters is 2. The second kappa shape index (κ2) is 55.8. The summed E-state index contributed by atoms with van der Waals surface area (Å²) in [5, 5.41) is 0. The number of likely N-dealkylation sites (tertiary alicyclic amines) is 2. The topological polar surface area (TPSA) is 107 Å². The zero-order valence-electron chi connectivity index (χ0n) is 53.6. The first-order chi connectivity index (χ1) is 39.3. The van der Waals surface area contributed by atoms with Crippen LogP contribution in [0.25, 0.3) is 0 Å². The summed E-state index contributed by atoms with van der Waals surface area (Å²) in [5.41, 5.74) is 0. The van der Waals surface area contributed by atoms with Gasteiger partial charge in [0.25, 0.3) is 0 Å². The van der Waals surface area contributed by atoms with Crippen LogP contribution in [0, 0.1) is 0 Å². The van der Waals surface area contributed by atoms with Gasteiger partial charge in [-0.3, -0.25) is 23.2 Å². The van der Waals surface area contributed by atoms with Crippen LogP contribution in [0.3, 0.4) is 0 Å². The van der Waals surface area contributed by atoms with E-state index in [4.69, 9.17) is 23.0 Å². The average Bonchev–Trinajstić information content (AvgIpc) is 3.46. The Balaban J connectivity index is 1.86. The number of carbonyl (C=O) groups excluding carboxylic acids is 2. The smallest absolute Gasteiger partial charge is 0.462 e. The minimum atomic E-state index is -3.78. The standard InChI is InChI=1S/C68H134N3O8P/c1-5-9-13-17-23-33-47-65(48-34-24-18-14-10-6-2)78-67(72)51-37-27-21-29-43-62-75-80(74,77-64-61-71(59-45-57-69-53-39-31-40-54-69)60-46-58-70-55-41-32-42-56-70)76-63-44-30-22-28-38-52-68(73)79-66(49-35-25-19-15-11-7-3)50-36-26-20-16-12-8-4/h65-66H,5-64H2,1-4H3. The van der Waals surface area contributed by atoms with E-state index in [-0.39, 0.29) is 24.1 Å². The van der Waals surface area contributed by atoms with Gasteiger partial charge in [0.05, 0.1) is 19.8 Å². The number of rotatable bonds is 60. The normalized spacial score (nSPS) is 14.8. The molecule has 0 amide bonds. The van der Waals surface area contributed by atoms with Gasteiger partial charge in [-0.05, 0) is 168 Å². The van der Waals surface area contributed by atoms with E-state index < -0.39 is 7.82 Å². The highest BCUT2D eigenvalue weighted by Gasteiger charge is 2.27. The Morgan fingerprint density at radius 3 is 1.01 bits per heavy atom. The van der Waals surface area contributed by atoms with Gasteiger partial charge in [0.2, 0.25) is 0 Å². The Morgan fingerprint density at radius 2 is 0.662 bits per heavy atom. The molecule has 0 aromatic rings. The van der Waals surface area contributed by atoms with Crippen molar-refractivity contribution in [2.75, 3.05) is 78.7 Å². The van der Waals surface area contributed by atoms with Crippen LogP contribution in [0.5, 0.6) is 0 Å². The molecule has 0 aliphatic carbocycles. The van der Waals surface area contributed by atoms with Gasteiger partial charge in [-0.25, -0.2) is 4.57 Å². The average molecular weight is 1150 g/mol. The second-order valence-electron chi connectivity index (χ2n) is 24.8. The van der Waals surface area contributed by atoms with Crippen molar-refractivity contribution in [2.45, 2.75) is 348 Å². The number of phosphoric ester groups is 1. The van der Waals surface area contributed by atoms with Gasteiger partial charge >= 0.3 is 19.8 Å². The molecule has 0 unspecified atom stereocenters. The molecule has 0 atom stereocenters. The molecule has 2 aliphatic heterocycles. The molecule has 0 aromatic carbocycles. The van der Waals surface area contributed by atoms with E-state index in [0.29, 0.717) is 39.2 Å². The zero-order chi connectivity index (χ0) is 57.5. The Hall–Kier alpha value is -1.07. The van der Waals surface area contributed by atoms with Crippen molar-refractivity contribution < 1.29 is 37.2 Å². The van der Waals surface area contributed by atoms with E-state index in [0.717, 1.165) is 155 Å². The number of carbonyl (C=O) groups is 2. The summed E-state index contributed by atoms with van der Waals surface area (Å²) in [6, 6.07) is 0. The lowest BCUT2D eigenvalue weighted by Crippen LogP contribution is -2.36. The van der Waals surface area contributed by atoms with Crippen LogP contribution in [0.2, 0.25) is 0 Å². The summed E-state index contributed by atoms with van der Waals surface area (Å²) in [5.74, 6) is -0.0663. The third kappa shape index (κ3) is 46.2. The minimum Gasteiger partial charge on any atom is -0.462 e. The van der Waals surface area contributed by atoms with Gasteiger partial charge < -0.3 is 24.2 Å². The first-order valence-electron chi connectivity index (χ1n) is 35.4. The molecule has 2 aliphatic rings. The summed E-state index contributed by atoms with van der Waals surface area (Å²) in [6.45, 7) is 19.9. The molecule has 0 saturated carbocycles. The van der Waals surface area contributed by atoms with Crippen LogP contribution in [0.15, 0.2) is 0 Å². The first-order valence-corrected chi connectivity index (χ1v) is 36.9. The molecule has 2 fully saturated rings. The molecule has 474 valence electrons. The lowest BCUT2D eigenvalue weighted by molar-refractivity contribution is -0.151. The second-order valence-corrected chi connectivity index (χ2v) is 26.5. The van der Waals surface area contributed by atoms with Gasteiger partial charge in [-0.2, -0.15) is 0 Å². The highest BCUT2D eigenvalue weighted by Crippen LogP contribution is 2.49. The third-order valence-electron chi connectivity index (χ3n) is 17.1. The van der Waals surface area contributed by atoms with Crippen LogP contribution >= 0.6 is 7.82 Å². The molecule has 80 heavy (non-hydrogen) atoms. The minimum absolute atomic E-state index is 0.0332. The lowest BCUT2D eigenvalue weighted by Gasteiger charge is -2.30. The summed E-state index contributed by atoms with van der Waals surface area (Å²) in [4.78, 5) is 33.8. The Morgan fingerprint density at radius 1 is 0.362 bits per heavy atom. The van der Waals surface area contributed by atoms with Crippen molar-refractivity contribution in [1.82, 2.24) is 14.7 Å². The molecule has 0 aromatic heterocycles. The predicted octanol–water partition coefficient (Wildman–Crippen LogP) is 19.7. The van der Waals surface area contributed by atoms with Gasteiger partial charge in [-0.1, -0.05) is 207 Å². The Kier molecular flexibility index (Phi) is 52.3. The van der Waals surface area contributed by atoms with Gasteiger partial charge in [-0.15, -0.1) is 0 Å². The summed E-state index contributed by atoms with van der Waals surface area (Å²) >= 11 is 0. The van der Waals surface area contributed by atoms with Gasteiger partial charge in [0.15, 0.2) is 0 Å². The maximum Gasteiger partial charge on any atom is 0.474 e. The fraction of sp³-hybridized carbons (Fsp3) is 0.971. The molecular formula is C68H134N3O8P. The molecule has 2 saturated heterocycles. The zero-order valence-corrected chi connectivity index (χ0v) is 54.5. The molecule has 12 heteroatoms. The van der Waals surface area contributed by atoms with E-state index >= 15 is 0 Å². The summed E-state index contributed by atoms with van der Waals surface area (Å²) in [6.07, 6.45) is 54.5. The number of nitrogens with zero attached hydrogens (tertiary/aromatic N) is 3. The van der Waals surface area contributed by atoms with Crippen molar-refractivity contribution in [2.24, 2.45) is 0 Å². The molecule has 11 nitrogen and oxygen atoms in total. The van der Waals surface area contributed by atoms with Crippen molar-refractivity contribution in [1.29, 1.82) is 0 Å². The maximum absolute atomic E-state index is 14.3. The van der Waals surface area contributed by atoms with E-state index in [1.165, 1.54) is 193 Å². The first kappa shape index (κ1) is 75.0. The molecular weight excluding hydrogens is 1020 g/mol.